The highest BCUT2D eigenvalue weighted by Gasteiger charge is 2.12. The molecule has 16 heavy (non-hydrogen) atoms. The highest BCUT2D eigenvalue weighted by atomic mass is 32.3. The van der Waals surface area contributed by atoms with Gasteiger partial charge in [0.15, 0.2) is 11.5 Å². The van der Waals surface area contributed by atoms with Crippen LogP contribution in [0.3, 0.4) is 0 Å². The molecule has 0 aliphatic rings. The van der Waals surface area contributed by atoms with E-state index in [-0.39, 0.29) is 11.6 Å². The second-order valence-corrected chi connectivity index (χ2v) is 3.90. The number of carbonyl (C=O) groups excluding carboxylic acids is 1. The molecular formula is C8H9NO6S. The first kappa shape index (κ1) is 12.3. The minimum Gasteiger partial charge on any atom is -0.504 e. The molecule has 0 saturated heterocycles. The highest BCUT2D eigenvalue weighted by Crippen LogP contribution is 2.29. The van der Waals surface area contributed by atoms with Crippen molar-refractivity contribution in [2.45, 2.75) is 6.92 Å². The van der Waals surface area contributed by atoms with Crippen molar-refractivity contribution in [3.8, 4) is 11.5 Å². The number of anilines is 1. The third kappa shape index (κ3) is 3.75. The Labute approximate surface area is 91.6 Å². The number of rotatable bonds is 3. The van der Waals surface area contributed by atoms with Crippen molar-refractivity contribution in [2.75, 3.05) is 5.32 Å². The van der Waals surface area contributed by atoms with E-state index in [0.29, 0.717) is 0 Å². The van der Waals surface area contributed by atoms with Crippen LogP contribution in [0.4, 0.5) is 5.69 Å². The zero-order valence-corrected chi connectivity index (χ0v) is 8.98. The van der Waals surface area contributed by atoms with Gasteiger partial charge in [-0.2, -0.15) is 8.42 Å². The summed E-state index contributed by atoms with van der Waals surface area (Å²) in [5, 5.41) is 11.6. The first-order valence-corrected chi connectivity index (χ1v) is 5.42. The summed E-state index contributed by atoms with van der Waals surface area (Å²) < 4.78 is 33.3. The SMILES string of the molecule is CC(=O)Nc1ccc(O)c(OS(=O)(=O)O)c1. The second kappa shape index (κ2) is 4.37. The van der Waals surface area contributed by atoms with Gasteiger partial charge in [-0.1, -0.05) is 0 Å². The molecule has 0 spiro atoms. The lowest BCUT2D eigenvalue weighted by Crippen LogP contribution is -2.08. The predicted octanol–water partition coefficient (Wildman–Crippen LogP) is 0.532. The van der Waals surface area contributed by atoms with E-state index in [1.807, 2.05) is 0 Å². The van der Waals surface area contributed by atoms with E-state index < -0.39 is 21.9 Å². The van der Waals surface area contributed by atoms with E-state index in [4.69, 9.17) is 4.55 Å². The number of amides is 1. The summed E-state index contributed by atoms with van der Waals surface area (Å²) in [5.41, 5.74) is 0.226. The molecule has 7 nitrogen and oxygen atoms in total. The maximum absolute atomic E-state index is 10.7. The normalized spacial score (nSPS) is 10.9. The zero-order chi connectivity index (χ0) is 12.3. The molecule has 0 saturated carbocycles. The monoisotopic (exact) mass is 247 g/mol. The summed E-state index contributed by atoms with van der Waals surface area (Å²) in [6, 6.07) is 3.52. The second-order valence-electron chi connectivity index (χ2n) is 2.87. The van der Waals surface area contributed by atoms with Crippen LogP contribution >= 0.6 is 0 Å². The fraction of sp³-hybridized carbons (Fsp3) is 0.125. The summed E-state index contributed by atoms with van der Waals surface area (Å²) in [6.45, 7) is 1.26. The van der Waals surface area contributed by atoms with Crippen LogP contribution in [0.25, 0.3) is 0 Å². The Balaban J connectivity index is 3.04. The van der Waals surface area contributed by atoms with Gasteiger partial charge in [0.1, 0.15) is 0 Å². The van der Waals surface area contributed by atoms with Crippen LogP contribution in [0.1, 0.15) is 6.92 Å². The van der Waals surface area contributed by atoms with Crippen molar-refractivity contribution < 1.29 is 27.1 Å². The number of aromatic hydroxyl groups is 1. The lowest BCUT2D eigenvalue weighted by molar-refractivity contribution is -0.114. The standard InChI is InChI=1S/C8H9NO6S/c1-5(10)9-6-2-3-7(11)8(4-6)15-16(12,13)14/h2-4,11H,1H3,(H,9,10)(H,12,13,14). The molecule has 0 bridgehead atoms. The van der Waals surface area contributed by atoms with Gasteiger partial charge in [-0.05, 0) is 12.1 Å². The van der Waals surface area contributed by atoms with Gasteiger partial charge in [-0.3, -0.25) is 9.35 Å². The minimum absolute atomic E-state index is 0.226. The molecule has 0 unspecified atom stereocenters. The lowest BCUT2D eigenvalue weighted by Gasteiger charge is -2.07. The first-order valence-electron chi connectivity index (χ1n) is 4.05. The van der Waals surface area contributed by atoms with Crippen LogP contribution in [0, 0.1) is 0 Å². The molecule has 8 heteroatoms. The van der Waals surface area contributed by atoms with Crippen molar-refractivity contribution in [3.63, 3.8) is 0 Å². The van der Waals surface area contributed by atoms with E-state index >= 15 is 0 Å². The molecule has 1 aromatic carbocycles. The smallest absolute Gasteiger partial charge is 0.446 e. The van der Waals surface area contributed by atoms with E-state index in [9.17, 15) is 18.3 Å². The van der Waals surface area contributed by atoms with Gasteiger partial charge in [-0.15, -0.1) is 0 Å². The molecular weight excluding hydrogens is 238 g/mol. The quantitative estimate of drug-likeness (QED) is 0.530. The molecule has 3 N–H and O–H groups in total. The Morgan fingerprint density at radius 2 is 2.06 bits per heavy atom. The fourth-order valence-electron chi connectivity index (χ4n) is 0.975. The number of benzene rings is 1. The fourth-order valence-corrected chi connectivity index (χ4v) is 1.34. The highest BCUT2D eigenvalue weighted by molar-refractivity contribution is 7.81. The summed E-state index contributed by atoms with van der Waals surface area (Å²) in [5.74, 6) is -1.33. The topological polar surface area (TPSA) is 113 Å². The molecule has 0 heterocycles. The Morgan fingerprint density at radius 3 is 2.56 bits per heavy atom. The van der Waals surface area contributed by atoms with Crippen molar-refractivity contribution in [3.05, 3.63) is 18.2 Å². The third-order valence-corrected chi connectivity index (χ3v) is 1.87. The van der Waals surface area contributed by atoms with E-state index in [1.54, 1.807) is 0 Å². The first-order chi connectivity index (χ1) is 7.28. The number of phenolic OH excluding ortho intramolecular Hbond substituents is 1. The van der Waals surface area contributed by atoms with E-state index in [1.165, 1.54) is 13.0 Å². The Morgan fingerprint density at radius 1 is 1.44 bits per heavy atom. The summed E-state index contributed by atoms with van der Waals surface area (Å²) in [6.07, 6.45) is 0. The molecule has 0 aliphatic carbocycles. The summed E-state index contributed by atoms with van der Waals surface area (Å²) in [7, 11) is -4.72. The zero-order valence-electron chi connectivity index (χ0n) is 8.17. The Hall–Kier alpha value is -1.80. The average molecular weight is 247 g/mol. The van der Waals surface area contributed by atoms with Gasteiger partial charge in [-0.25, -0.2) is 0 Å². The molecule has 0 fully saturated rings. The molecule has 0 aliphatic heterocycles. The number of carbonyl (C=O) groups is 1. The molecule has 0 aromatic heterocycles. The van der Waals surface area contributed by atoms with Gasteiger partial charge < -0.3 is 14.6 Å². The van der Waals surface area contributed by atoms with Crippen molar-refractivity contribution in [2.24, 2.45) is 0 Å². The van der Waals surface area contributed by atoms with Gasteiger partial charge in [0, 0.05) is 18.7 Å². The molecule has 1 aromatic rings. The number of hydrogen-bond acceptors (Lipinski definition) is 5. The number of nitrogens with one attached hydrogen (secondary N) is 1. The van der Waals surface area contributed by atoms with Crippen LogP contribution in [0.15, 0.2) is 18.2 Å². The van der Waals surface area contributed by atoms with Crippen molar-refractivity contribution >= 4 is 22.0 Å². The molecule has 88 valence electrons. The van der Waals surface area contributed by atoms with Gasteiger partial charge in [0.2, 0.25) is 5.91 Å². The van der Waals surface area contributed by atoms with Gasteiger partial charge in [0.05, 0.1) is 0 Å². The largest absolute Gasteiger partial charge is 0.504 e. The summed E-state index contributed by atoms with van der Waals surface area (Å²) >= 11 is 0. The van der Waals surface area contributed by atoms with E-state index in [2.05, 4.69) is 9.50 Å². The molecule has 0 radical (unpaired) electrons. The minimum atomic E-state index is -4.72. The maximum Gasteiger partial charge on any atom is 0.446 e. The molecule has 1 amide bonds. The Bertz CT molecular complexity index is 509. The number of hydrogen-bond donors (Lipinski definition) is 3. The van der Waals surface area contributed by atoms with Gasteiger partial charge >= 0.3 is 10.4 Å². The molecule has 0 atom stereocenters. The van der Waals surface area contributed by atoms with Crippen LogP contribution in [-0.4, -0.2) is 24.0 Å². The lowest BCUT2D eigenvalue weighted by atomic mass is 10.3. The Kier molecular flexibility index (Phi) is 3.35. The van der Waals surface area contributed by atoms with Crippen LogP contribution < -0.4 is 9.50 Å². The predicted molar refractivity (Wildman–Crippen MR) is 54.6 cm³/mol. The van der Waals surface area contributed by atoms with Crippen LogP contribution in [0.2, 0.25) is 0 Å². The molecule has 1 rings (SSSR count). The summed E-state index contributed by atoms with van der Waals surface area (Å²) in [4.78, 5) is 10.7. The maximum atomic E-state index is 10.7. The van der Waals surface area contributed by atoms with Crippen LogP contribution in [0.5, 0.6) is 11.5 Å². The van der Waals surface area contributed by atoms with Crippen molar-refractivity contribution in [1.29, 1.82) is 0 Å². The van der Waals surface area contributed by atoms with Crippen molar-refractivity contribution in [1.82, 2.24) is 0 Å². The number of phenols is 1. The van der Waals surface area contributed by atoms with Gasteiger partial charge in [0.25, 0.3) is 0 Å². The van der Waals surface area contributed by atoms with Crippen LogP contribution in [-0.2, 0) is 15.2 Å². The van der Waals surface area contributed by atoms with E-state index in [0.717, 1.165) is 12.1 Å². The third-order valence-electron chi connectivity index (χ3n) is 1.48. The average Bonchev–Trinajstić information content (AvgIpc) is 2.07.